The van der Waals surface area contributed by atoms with Crippen LogP contribution in [0.2, 0.25) is 0 Å². The maximum absolute atomic E-state index is 11.9. The van der Waals surface area contributed by atoms with E-state index in [4.69, 9.17) is 5.73 Å². The molecule has 2 atom stereocenters. The molecule has 5 nitrogen and oxygen atoms in total. The Morgan fingerprint density at radius 2 is 2.31 bits per heavy atom. The molecular formula is C10H18N2O3S. The van der Waals surface area contributed by atoms with Crippen molar-refractivity contribution in [2.45, 2.75) is 25.4 Å². The van der Waals surface area contributed by atoms with Gasteiger partial charge in [0.05, 0.1) is 17.5 Å². The van der Waals surface area contributed by atoms with Crippen molar-refractivity contribution in [1.29, 1.82) is 0 Å². The standard InChI is InChI=1S/C10H18N2O3S/c1-3-4-9(11)10(13)12-5-6-16(14,15)7-8(12)2/h3,8-9H,1,4-7,11H2,2H3. The lowest BCUT2D eigenvalue weighted by Crippen LogP contribution is -2.54. The van der Waals surface area contributed by atoms with Crippen molar-refractivity contribution in [3.8, 4) is 0 Å². The molecule has 1 fully saturated rings. The Labute approximate surface area is 96.2 Å². The number of amides is 1. The van der Waals surface area contributed by atoms with Gasteiger partial charge < -0.3 is 10.6 Å². The molecule has 0 saturated carbocycles. The highest BCUT2D eigenvalue weighted by Crippen LogP contribution is 2.13. The van der Waals surface area contributed by atoms with Crippen LogP contribution >= 0.6 is 0 Å². The van der Waals surface area contributed by atoms with Gasteiger partial charge in [0, 0.05) is 12.6 Å². The van der Waals surface area contributed by atoms with Crippen LogP contribution in [-0.2, 0) is 14.6 Å². The van der Waals surface area contributed by atoms with Crippen molar-refractivity contribution in [3.05, 3.63) is 12.7 Å². The number of carbonyl (C=O) groups is 1. The Kier molecular flexibility index (Phi) is 4.09. The van der Waals surface area contributed by atoms with Crippen LogP contribution in [-0.4, -0.2) is 49.4 Å². The number of carbonyl (C=O) groups excluding carboxylic acids is 1. The van der Waals surface area contributed by atoms with Crippen LogP contribution in [0.25, 0.3) is 0 Å². The van der Waals surface area contributed by atoms with E-state index in [1.165, 1.54) is 0 Å². The highest BCUT2D eigenvalue weighted by Gasteiger charge is 2.32. The fraction of sp³-hybridized carbons (Fsp3) is 0.700. The van der Waals surface area contributed by atoms with Gasteiger partial charge in [0.1, 0.15) is 0 Å². The molecule has 1 aliphatic rings. The number of rotatable bonds is 3. The molecule has 1 heterocycles. The van der Waals surface area contributed by atoms with Gasteiger partial charge in [-0.05, 0) is 13.3 Å². The van der Waals surface area contributed by atoms with Gasteiger partial charge in [0.15, 0.2) is 9.84 Å². The van der Waals surface area contributed by atoms with Crippen molar-refractivity contribution in [2.75, 3.05) is 18.1 Å². The molecule has 0 spiro atoms. The van der Waals surface area contributed by atoms with E-state index < -0.39 is 15.9 Å². The topological polar surface area (TPSA) is 80.5 Å². The van der Waals surface area contributed by atoms with E-state index in [2.05, 4.69) is 6.58 Å². The highest BCUT2D eigenvalue weighted by molar-refractivity contribution is 7.91. The van der Waals surface area contributed by atoms with Gasteiger partial charge in [-0.2, -0.15) is 0 Å². The van der Waals surface area contributed by atoms with E-state index in [1.54, 1.807) is 17.9 Å². The van der Waals surface area contributed by atoms with Gasteiger partial charge in [0.2, 0.25) is 5.91 Å². The Bertz CT molecular complexity index is 378. The zero-order chi connectivity index (χ0) is 12.3. The summed E-state index contributed by atoms with van der Waals surface area (Å²) in [6.45, 7) is 5.50. The van der Waals surface area contributed by atoms with Crippen LogP contribution in [0.4, 0.5) is 0 Å². The van der Waals surface area contributed by atoms with Gasteiger partial charge in [0.25, 0.3) is 0 Å². The Balaban J connectivity index is 2.68. The largest absolute Gasteiger partial charge is 0.337 e. The number of sulfone groups is 1. The maximum Gasteiger partial charge on any atom is 0.240 e. The summed E-state index contributed by atoms with van der Waals surface area (Å²) >= 11 is 0. The number of nitrogens with zero attached hydrogens (tertiary/aromatic N) is 1. The fourth-order valence-electron chi connectivity index (χ4n) is 1.82. The normalized spacial score (nSPS) is 26.1. The predicted molar refractivity (Wildman–Crippen MR) is 62.6 cm³/mol. The molecule has 92 valence electrons. The zero-order valence-corrected chi connectivity index (χ0v) is 10.2. The quantitative estimate of drug-likeness (QED) is 0.683. The lowest BCUT2D eigenvalue weighted by atomic mass is 10.1. The minimum absolute atomic E-state index is 0.0273. The second kappa shape index (κ2) is 4.97. The Hall–Kier alpha value is -0.880. The zero-order valence-electron chi connectivity index (χ0n) is 9.43. The second-order valence-electron chi connectivity index (χ2n) is 4.13. The smallest absolute Gasteiger partial charge is 0.240 e. The molecule has 0 aromatic heterocycles. The minimum atomic E-state index is -2.99. The molecular weight excluding hydrogens is 228 g/mol. The first-order valence-electron chi connectivity index (χ1n) is 5.25. The number of hydrogen-bond acceptors (Lipinski definition) is 4. The molecule has 1 rings (SSSR count). The van der Waals surface area contributed by atoms with Crippen LogP contribution in [0.3, 0.4) is 0 Å². The van der Waals surface area contributed by atoms with Gasteiger partial charge in [-0.25, -0.2) is 8.42 Å². The number of nitrogens with two attached hydrogens (primary N) is 1. The monoisotopic (exact) mass is 246 g/mol. The van der Waals surface area contributed by atoms with E-state index in [0.717, 1.165) is 0 Å². The molecule has 6 heteroatoms. The molecule has 1 aliphatic heterocycles. The molecule has 1 amide bonds. The average molecular weight is 246 g/mol. The predicted octanol–water partition coefficient (Wildman–Crippen LogP) is -0.465. The van der Waals surface area contributed by atoms with Crippen LogP contribution in [0.15, 0.2) is 12.7 Å². The van der Waals surface area contributed by atoms with Crippen LogP contribution < -0.4 is 5.73 Å². The third-order valence-corrected chi connectivity index (χ3v) is 4.49. The lowest BCUT2D eigenvalue weighted by Gasteiger charge is -2.34. The van der Waals surface area contributed by atoms with E-state index in [0.29, 0.717) is 6.42 Å². The molecule has 0 aliphatic carbocycles. The van der Waals surface area contributed by atoms with Gasteiger partial charge in [-0.1, -0.05) is 6.08 Å². The molecule has 2 unspecified atom stereocenters. The SMILES string of the molecule is C=CCC(N)C(=O)N1CCS(=O)(=O)CC1C. The third-order valence-electron chi connectivity index (χ3n) is 2.69. The van der Waals surface area contributed by atoms with Gasteiger partial charge in [-0.15, -0.1) is 6.58 Å². The molecule has 0 aromatic carbocycles. The molecule has 0 bridgehead atoms. The molecule has 16 heavy (non-hydrogen) atoms. The Morgan fingerprint density at radius 1 is 1.69 bits per heavy atom. The molecule has 1 saturated heterocycles. The van der Waals surface area contributed by atoms with Crippen molar-refractivity contribution < 1.29 is 13.2 Å². The summed E-state index contributed by atoms with van der Waals surface area (Å²) < 4.78 is 22.7. The highest BCUT2D eigenvalue weighted by atomic mass is 32.2. The van der Waals surface area contributed by atoms with Crippen LogP contribution in [0, 0.1) is 0 Å². The summed E-state index contributed by atoms with van der Waals surface area (Å²) in [5.41, 5.74) is 5.68. The maximum atomic E-state index is 11.9. The van der Waals surface area contributed by atoms with Gasteiger partial charge in [-0.3, -0.25) is 4.79 Å². The van der Waals surface area contributed by atoms with Crippen molar-refractivity contribution in [1.82, 2.24) is 4.90 Å². The molecule has 0 aromatic rings. The lowest BCUT2D eigenvalue weighted by molar-refractivity contribution is -0.134. The van der Waals surface area contributed by atoms with E-state index in [-0.39, 0.29) is 30.0 Å². The molecule has 2 N–H and O–H groups in total. The summed E-state index contributed by atoms with van der Waals surface area (Å²) in [6, 6.07) is -0.900. The molecule has 0 radical (unpaired) electrons. The fourth-order valence-corrected chi connectivity index (χ4v) is 3.38. The first kappa shape index (κ1) is 13.2. The van der Waals surface area contributed by atoms with Gasteiger partial charge >= 0.3 is 0 Å². The van der Waals surface area contributed by atoms with Crippen LogP contribution in [0.5, 0.6) is 0 Å². The van der Waals surface area contributed by atoms with Crippen LogP contribution in [0.1, 0.15) is 13.3 Å². The summed E-state index contributed by atoms with van der Waals surface area (Å²) in [5, 5.41) is 0. The van der Waals surface area contributed by atoms with Crippen molar-refractivity contribution in [2.24, 2.45) is 5.73 Å². The second-order valence-corrected chi connectivity index (χ2v) is 6.35. The van der Waals surface area contributed by atoms with E-state index >= 15 is 0 Å². The summed E-state index contributed by atoms with van der Waals surface area (Å²) in [5.74, 6) is -0.133. The minimum Gasteiger partial charge on any atom is -0.337 e. The van der Waals surface area contributed by atoms with E-state index in [1.807, 2.05) is 0 Å². The average Bonchev–Trinajstić information content (AvgIpc) is 2.16. The third kappa shape index (κ3) is 3.05. The first-order valence-corrected chi connectivity index (χ1v) is 7.07. The summed E-state index contributed by atoms with van der Waals surface area (Å²) in [4.78, 5) is 13.4. The summed E-state index contributed by atoms with van der Waals surface area (Å²) in [6.07, 6.45) is 2.00. The summed E-state index contributed by atoms with van der Waals surface area (Å²) in [7, 11) is -2.99. The first-order chi connectivity index (χ1) is 7.37. The van der Waals surface area contributed by atoms with Crippen molar-refractivity contribution in [3.63, 3.8) is 0 Å². The van der Waals surface area contributed by atoms with E-state index in [9.17, 15) is 13.2 Å². The number of hydrogen-bond donors (Lipinski definition) is 1. The Morgan fingerprint density at radius 3 is 2.81 bits per heavy atom. The van der Waals surface area contributed by atoms with Crippen molar-refractivity contribution >= 4 is 15.7 Å².